The Kier molecular flexibility index (Phi) is 5.09. The number of hydrogen-bond donors (Lipinski definition) is 0. The average Bonchev–Trinajstić information content (AvgIpc) is 3.21. The van der Waals surface area contributed by atoms with Crippen molar-refractivity contribution in [2.75, 3.05) is 53.1 Å². The van der Waals surface area contributed by atoms with Crippen molar-refractivity contribution in [2.24, 2.45) is 10.8 Å². The average molecular weight is 436 g/mol. The number of methoxy groups -OCH3 is 1. The van der Waals surface area contributed by atoms with E-state index in [0.717, 1.165) is 0 Å². The van der Waals surface area contributed by atoms with Crippen LogP contribution in [0.4, 0.5) is 0 Å². The number of fused-ring (bicyclic) bond motifs is 1. The highest BCUT2D eigenvalue weighted by molar-refractivity contribution is 7.88. The monoisotopic (exact) mass is 435 g/mol. The molecule has 1 unspecified atom stereocenters. The molecule has 1 aromatic rings. The maximum absolute atomic E-state index is 13.2. The normalized spacial score (nSPS) is 26.7. The van der Waals surface area contributed by atoms with Crippen molar-refractivity contribution in [3.05, 3.63) is 29.8 Å². The predicted octanol–water partition coefficient (Wildman–Crippen LogP) is 1.04. The number of sulfonamides is 1. The summed E-state index contributed by atoms with van der Waals surface area (Å²) in [6, 6.07) is 7.09. The molecule has 30 heavy (non-hydrogen) atoms. The van der Waals surface area contributed by atoms with Gasteiger partial charge in [0.1, 0.15) is 5.75 Å². The van der Waals surface area contributed by atoms with E-state index in [1.54, 1.807) is 48.2 Å². The fraction of sp³-hybridized carbons (Fsp3) is 0.619. The molecular formula is C21H29N3O5S. The molecule has 3 aliphatic heterocycles. The van der Waals surface area contributed by atoms with Crippen molar-refractivity contribution in [1.29, 1.82) is 0 Å². The van der Waals surface area contributed by atoms with Gasteiger partial charge in [0, 0.05) is 50.7 Å². The van der Waals surface area contributed by atoms with Crippen LogP contribution in [0.15, 0.2) is 24.3 Å². The number of carbonyl (C=O) groups excluding carboxylic acids is 2. The third kappa shape index (κ3) is 3.19. The molecule has 1 aromatic carbocycles. The van der Waals surface area contributed by atoms with Gasteiger partial charge in [-0.1, -0.05) is 6.07 Å². The van der Waals surface area contributed by atoms with Gasteiger partial charge in [-0.2, -0.15) is 0 Å². The van der Waals surface area contributed by atoms with Crippen LogP contribution < -0.4 is 4.74 Å². The summed E-state index contributed by atoms with van der Waals surface area (Å²) in [4.78, 5) is 29.7. The molecule has 2 spiro atoms. The van der Waals surface area contributed by atoms with E-state index in [1.165, 1.54) is 10.6 Å². The van der Waals surface area contributed by atoms with Crippen LogP contribution >= 0.6 is 0 Å². The highest BCUT2D eigenvalue weighted by Gasteiger charge is 2.66. The molecule has 0 aromatic heterocycles. The molecule has 164 valence electrons. The topological polar surface area (TPSA) is 87.2 Å². The summed E-state index contributed by atoms with van der Waals surface area (Å²) >= 11 is 0. The molecule has 8 nitrogen and oxygen atoms in total. The minimum Gasteiger partial charge on any atom is -0.497 e. The Balaban J connectivity index is 1.58. The zero-order chi connectivity index (χ0) is 21.7. The van der Waals surface area contributed by atoms with Gasteiger partial charge >= 0.3 is 0 Å². The Morgan fingerprint density at radius 1 is 1.10 bits per heavy atom. The number of carbonyl (C=O) groups is 2. The molecule has 0 radical (unpaired) electrons. The van der Waals surface area contributed by atoms with E-state index < -0.39 is 20.9 Å². The van der Waals surface area contributed by atoms with Gasteiger partial charge in [-0.05, 0) is 37.5 Å². The van der Waals surface area contributed by atoms with E-state index in [9.17, 15) is 18.0 Å². The SMILES string of the molecule is COc1cccc(C(=O)N2CCC3(CC2)CN(S(C)(=O)=O)CC32CCN(C)C2=O)c1. The van der Waals surface area contributed by atoms with Gasteiger partial charge in [-0.3, -0.25) is 9.59 Å². The second kappa shape index (κ2) is 7.23. The van der Waals surface area contributed by atoms with E-state index in [-0.39, 0.29) is 18.4 Å². The van der Waals surface area contributed by atoms with Gasteiger partial charge < -0.3 is 14.5 Å². The van der Waals surface area contributed by atoms with Crippen LogP contribution in [0, 0.1) is 10.8 Å². The molecule has 0 saturated carbocycles. The van der Waals surface area contributed by atoms with Crippen LogP contribution in [0.25, 0.3) is 0 Å². The molecule has 3 saturated heterocycles. The number of ether oxygens (including phenoxy) is 1. The van der Waals surface area contributed by atoms with Crippen LogP contribution in [0.1, 0.15) is 29.6 Å². The van der Waals surface area contributed by atoms with Crippen molar-refractivity contribution in [2.45, 2.75) is 19.3 Å². The van der Waals surface area contributed by atoms with Gasteiger partial charge in [0.15, 0.2) is 0 Å². The highest BCUT2D eigenvalue weighted by atomic mass is 32.2. The van der Waals surface area contributed by atoms with E-state index in [1.807, 2.05) is 0 Å². The number of rotatable bonds is 3. The molecule has 0 aliphatic carbocycles. The largest absolute Gasteiger partial charge is 0.497 e. The van der Waals surface area contributed by atoms with Crippen LogP contribution in [0.3, 0.4) is 0 Å². The third-order valence-corrected chi connectivity index (χ3v) is 8.56. The first-order valence-corrected chi connectivity index (χ1v) is 12.1. The molecule has 2 amide bonds. The second-order valence-electron chi connectivity index (χ2n) is 8.89. The minimum absolute atomic E-state index is 0.0428. The lowest BCUT2D eigenvalue weighted by molar-refractivity contribution is -0.141. The lowest BCUT2D eigenvalue weighted by Crippen LogP contribution is -2.53. The van der Waals surface area contributed by atoms with Crippen LogP contribution in [0.2, 0.25) is 0 Å². The lowest BCUT2D eigenvalue weighted by atomic mass is 9.60. The first kappa shape index (κ1) is 21.1. The smallest absolute Gasteiger partial charge is 0.253 e. The summed E-state index contributed by atoms with van der Waals surface area (Å²) in [6.07, 6.45) is 3.12. The predicted molar refractivity (Wildman–Crippen MR) is 112 cm³/mol. The Morgan fingerprint density at radius 3 is 2.37 bits per heavy atom. The standard InChI is InChI=1S/C21H29N3O5S/c1-22-10-9-21(19(22)26)15-24(30(3,27)28)14-20(21)7-11-23(12-8-20)18(25)16-5-4-6-17(13-16)29-2/h4-6,13H,7-12,14-15H2,1-3H3. The number of piperidine rings is 1. The van der Waals surface area contributed by atoms with Crippen molar-refractivity contribution in [3.63, 3.8) is 0 Å². The molecule has 1 atom stereocenters. The van der Waals surface area contributed by atoms with E-state index in [0.29, 0.717) is 56.8 Å². The van der Waals surface area contributed by atoms with Gasteiger partial charge in [0.05, 0.1) is 18.8 Å². The summed E-state index contributed by atoms with van der Waals surface area (Å²) < 4.78 is 31.4. The van der Waals surface area contributed by atoms with Crippen molar-refractivity contribution in [1.82, 2.24) is 14.1 Å². The van der Waals surface area contributed by atoms with Gasteiger partial charge in [-0.25, -0.2) is 12.7 Å². The van der Waals surface area contributed by atoms with E-state index in [2.05, 4.69) is 0 Å². The Hall–Kier alpha value is -2.13. The zero-order valence-electron chi connectivity index (χ0n) is 17.8. The number of amides is 2. The van der Waals surface area contributed by atoms with Crippen LogP contribution in [-0.4, -0.2) is 87.5 Å². The molecule has 9 heteroatoms. The molecular weight excluding hydrogens is 406 g/mol. The molecule has 4 rings (SSSR count). The Labute approximate surface area is 177 Å². The van der Waals surface area contributed by atoms with Crippen LogP contribution in [-0.2, 0) is 14.8 Å². The molecule has 3 fully saturated rings. The van der Waals surface area contributed by atoms with E-state index in [4.69, 9.17) is 4.74 Å². The first-order chi connectivity index (χ1) is 14.1. The fourth-order valence-corrected chi connectivity index (χ4v) is 6.47. The van der Waals surface area contributed by atoms with Crippen molar-refractivity contribution in [3.8, 4) is 5.75 Å². The molecule has 0 bridgehead atoms. The number of hydrogen-bond acceptors (Lipinski definition) is 5. The fourth-order valence-electron chi connectivity index (χ4n) is 5.53. The maximum Gasteiger partial charge on any atom is 0.253 e. The van der Waals surface area contributed by atoms with E-state index >= 15 is 0 Å². The minimum atomic E-state index is -3.39. The van der Waals surface area contributed by atoms with Crippen molar-refractivity contribution >= 4 is 21.8 Å². The number of benzene rings is 1. The van der Waals surface area contributed by atoms with Crippen molar-refractivity contribution < 1.29 is 22.7 Å². The van der Waals surface area contributed by atoms with Gasteiger partial charge in [0.25, 0.3) is 5.91 Å². The summed E-state index contributed by atoms with van der Waals surface area (Å²) in [6.45, 7) is 2.26. The number of nitrogens with zero attached hydrogens (tertiary/aromatic N) is 3. The second-order valence-corrected chi connectivity index (χ2v) is 10.9. The molecule has 3 heterocycles. The summed E-state index contributed by atoms with van der Waals surface area (Å²) in [7, 11) is -0.0412. The van der Waals surface area contributed by atoms with Crippen LogP contribution in [0.5, 0.6) is 5.75 Å². The van der Waals surface area contributed by atoms with Gasteiger partial charge in [-0.15, -0.1) is 0 Å². The summed E-state index contributed by atoms with van der Waals surface area (Å²) in [5.74, 6) is 0.610. The molecule has 3 aliphatic rings. The molecule has 0 N–H and O–H groups in total. The lowest BCUT2D eigenvalue weighted by Gasteiger charge is -2.46. The maximum atomic E-state index is 13.2. The third-order valence-electron chi connectivity index (χ3n) is 7.36. The summed E-state index contributed by atoms with van der Waals surface area (Å²) in [5.41, 5.74) is -0.542. The van der Waals surface area contributed by atoms with Gasteiger partial charge in [0.2, 0.25) is 15.9 Å². The Morgan fingerprint density at radius 2 is 1.80 bits per heavy atom. The highest BCUT2D eigenvalue weighted by Crippen LogP contribution is 2.58. The number of likely N-dealkylation sites (tertiary alicyclic amines) is 2. The zero-order valence-corrected chi connectivity index (χ0v) is 18.6. The Bertz CT molecular complexity index is 971. The summed E-state index contributed by atoms with van der Waals surface area (Å²) in [5, 5.41) is 0. The first-order valence-electron chi connectivity index (χ1n) is 10.3. The quantitative estimate of drug-likeness (QED) is 0.708.